The van der Waals surface area contributed by atoms with Gasteiger partial charge in [-0.2, -0.15) is 0 Å². The van der Waals surface area contributed by atoms with Crippen molar-refractivity contribution in [3.05, 3.63) is 35.1 Å². The molecule has 0 atom stereocenters. The molecule has 0 spiro atoms. The van der Waals surface area contributed by atoms with Gasteiger partial charge in [0.2, 0.25) is 0 Å². The van der Waals surface area contributed by atoms with Crippen LogP contribution in [0.15, 0.2) is 24.5 Å². The van der Waals surface area contributed by atoms with Crippen molar-refractivity contribution in [1.82, 2.24) is 9.97 Å². The number of aromatic nitrogens is 2. The lowest BCUT2D eigenvalue weighted by atomic mass is 10.4. The third-order valence-corrected chi connectivity index (χ3v) is 2.82. The Bertz CT molecular complexity index is 379. The molecule has 5 heteroatoms. The number of aromatic amines is 1. The summed E-state index contributed by atoms with van der Waals surface area (Å²) in [4.78, 5) is 8.41. The lowest BCUT2D eigenvalue weighted by molar-refractivity contribution is 1.06. The largest absolute Gasteiger partial charge is 0.364 e. The molecule has 14 heavy (non-hydrogen) atoms. The van der Waals surface area contributed by atoms with Crippen molar-refractivity contribution < 1.29 is 0 Å². The molecular formula is C9H12N4S. The van der Waals surface area contributed by atoms with Crippen LogP contribution in [-0.4, -0.2) is 9.97 Å². The zero-order chi connectivity index (χ0) is 9.80. The second-order valence-corrected chi connectivity index (χ2v) is 4.00. The van der Waals surface area contributed by atoms with E-state index in [4.69, 9.17) is 5.73 Å². The van der Waals surface area contributed by atoms with Crippen molar-refractivity contribution >= 4 is 16.5 Å². The van der Waals surface area contributed by atoms with Crippen LogP contribution in [0.5, 0.6) is 0 Å². The van der Waals surface area contributed by atoms with Crippen LogP contribution < -0.4 is 11.1 Å². The summed E-state index contributed by atoms with van der Waals surface area (Å²) in [6, 6.07) is 4.01. The first-order valence-electron chi connectivity index (χ1n) is 4.39. The fraction of sp³-hybridized carbons (Fsp3) is 0.222. The summed E-state index contributed by atoms with van der Waals surface area (Å²) in [5.41, 5.74) is 6.64. The highest BCUT2D eigenvalue weighted by molar-refractivity contribution is 7.15. The second-order valence-electron chi connectivity index (χ2n) is 2.88. The van der Waals surface area contributed by atoms with Gasteiger partial charge in [0.25, 0.3) is 0 Å². The number of nitrogens with zero attached hydrogens (tertiary/aromatic N) is 1. The predicted octanol–water partition coefficient (Wildman–Crippen LogP) is 1.54. The molecule has 2 aromatic rings. The molecule has 2 heterocycles. The molecule has 2 aromatic heterocycles. The van der Waals surface area contributed by atoms with Crippen molar-refractivity contribution in [3.63, 3.8) is 0 Å². The fourth-order valence-electron chi connectivity index (χ4n) is 1.13. The molecule has 0 unspecified atom stereocenters. The van der Waals surface area contributed by atoms with Crippen LogP contribution in [0.2, 0.25) is 0 Å². The lowest BCUT2D eigenvalue weighted by Gasteiger charge is -1.98. The van der Waals surface area contributed by atoms with Crippen LogP contribution in [0, 0.1) is 0 Å². The van der Waals surface area contributed by atoms with E-state index in [1.54, 1.807) is 11.3 Å². The van der Waals surface area contributed by atoms with Gasteiger partial charge < -0.3 is 16.0 Å². The molecule has 2 rings (SSSR count). The van der Waals surface area contributed by atoms with Gasteiger partial charge in [-0.15, -0.1) is 11.3 Å². The Hall–Kier alpha value is -1.33. The zero-order valence-corrected chi connectivity index (χ0v) is 8.47. The highest BCUT2D eigenvalue weighted by atomic mass is 32.1. The van der Waals surface area contributed by atoms with Gasteiger partial charge in [-0.05, 0) is 12.1 Å². The number of hydrogen-bond donors (Lipinski definition) is 3. The Morgan fingerprint density at radius 1 is 1.57 bits per heavy atom. The molecule has 0 saturated heterocycles. The fourth-order valence-corrected chi connectivity index (χ4v) is 1.82. The minimum atomic E-state index is 0.557. The van der Waals surface area contributed by atoms with Gasteiger partial charge in [0, 0.05) is 29.5 Å². The summed E-state index contributed by atoms with van der Waals surface area (Å²) in [5.74, 6) is 0. The standard InChI is InChI=1S/C9H12N4S/c10-4-8-6-13-9(14-8)12-5-7-2-1-3-11-7/h1-3,6,11H,4-5,10H2,(H,12,13). The van der Waals surface area contributed by atoms with E-state index in [-0.39, 0.29) is 0 Å². The van der Waals surface area contributed by atoms with Crippen LogP contribution in [0.3, 0.4) is 0 Å². The summed E-state index contributed by atoms with van der Waals surface area (Å²) < 4.78 is 0. The summed E-state index contributed by atoms with van der Waals surface area (Å²) in [7, 11) is 0. The van der Waals surface area contributed by atoms with E-state index in [0.717, 1.165) is 22.2 Å². The summed E-state index contributed by atoms with van der Waals surface area (Å²) in [5, 5.41) is 4.14. The van der Waals surface area contributed by atoms with Gasteiger partial charge in [0.05, 0.1) is 6.54 Å². The van der Waals surface area contributed by atoms with E-state index in [1.165, 1.54) is 0 Å². The number of anilines is 1. The normalized spacial score (nSPS) is 10.4. The highest BCUT2D eigenvalue weighted by Crippen LogP contribution is 2.17. The molecule has 0 fully saturated rings. The van der Waals surface area contributed by atoms with Crippen molar-refractivity contribution in [2.24, 2.45) is 5.73 Å². The Morgan fingerprint density at radius 3 is 3.14 bits per heavy atom. The molecule has 4 nitrogen and oxygen atoms in total. The molecule has 4 N–H and O–H groups in total. The summed E-state index contributed by atoms with van der Waals surface area (Å²) in [6.07, 6.45) is 3.71. The molecular weight excluding hydrogens is 196 g/mol. The first kappa shape index (κ1) is 9.23. The smallest absolute Gasteiger partial charge is 0.183 e. The van der Waals surface area contributed by atoms with Crippen molar-refractivity contribution in [3.8, 4) is 0 Å². The quantitative estimate of drug-likeness (QED) is 0.714. The van der Waals surface area contributed by atoms with Crippen molar-refractivity contribution in [1.29, 1.82) is 0 Å². The lowest BCUT2D eigenvalue weighted by Crippen LogP contribution is -1.98. The Labute approximate surface area is 86.2 Å². The van der Waals surface area contributed by atoms with Crippen molar-refractivity contribution in [2.75, 3.05) is 5.32 Å². The van der Waals surface area contributed by atoms with E-state index in [2.05, 4.69) is 15.3 Å². The Morgan fingerprint density at radius 2 is 2.50 bits per heavy atom. The summed E-state index contributed by atoms with van der Waals surface area (Å²) in [6.45, 7) is 1.33. The monoisotopic (exact) mass is 208 g/mol. The zero-order valence-electron chi connectivity index (χ0n) is 7.66. The SMILES string of the molecule is NCc1cnc(NCc2ccc[nH]2)s1. The molecule has 0 amide bonds. The number of nitrogens with two attached hydrogens (primary N) is 1. The van der Waals surface area contributed by atoms with Crippen LogP contribution in [0.4, 0.5) is 5.13 Å². The molecule has 0 saturated carbocycles. The van der Waals surface area contributed by atoms with Crippen LogP contribution in [0.25, 0.3) is 0 Å². The van der Waals surface area contributed by atoms with E-state index < -0.39 is 0 Å². The van der Waals surface area contributed by atoms with Gasteiger partial charge in [-0.3, -0.25) is 0 Å². The maximum atomic E-state index is 5.49. The molecule has 0 radical (unpaired) electrons. The van der Waals surface area contributed by atoms with Crippen LogP contribution >= 0.6 is 11.3 Å². The number of H-pyrrole nitrogens is 1. The van der Waals surface area contributed by atoms with E-state index >= 15 is 0 Å². The molecule has 0 aliphatic carbocycles. The third kappa shape index (κ3) is 2.12. The number of rotatable bonds is 4. The minimum Gasteiger partial charge on any atom is -0.364 e. The average Bonchev–Trinajstić information content (AvgIpc) is 2.86. The van der Waals surface area contributed by atoms with Gasteiger partial charge in [0.1, 0.15) is 0 Å². The third-order valence-electron chi connectivity index (χ3n) is 1.85. The highest BCUT2D eigenvalue weighted by Gasteiger charge is 1.99. The maximum Gasteiger partial charge on any atom is 0.183 e. The van der Waals surface area contributed by atoms with Crippen LogP contribution in [-0.2, 0) is 13.1 Å². The minimum absolute atomic E-state index is 0.557. The molecule has 0 aromatic carbocycles. The van der Waals surface area contributed by atoms with Crippen LogP contribution in [0.1, 0.15) is 10.6 Å². The second kappa shape index (κ2) is 4.26. The van der Waals surface area contributed by atoms with Gasteiger partial charge in [-0.1, -0.05) is 0 Å². The number of nitrogens with one attached hydrogen (secondary N) is 2. The average molecular weight is 208 g/mol. The number of hydrogen-bond acceptors (Lipinski definition) is 4. The van der Waals surface area contributed by atoms with Gasteiger partial charge in [0.15, 0.2) is 5.13 Å². The van der Waals surface area contributed by atoms with Gasteiger partial charge in [-0.25, -0.2) is 4.98 Å². The topological polar surface area (TPSA) is 66.7 Å². The maximum absolute atomic E-state index is 5.49. The summed E-state index contributed by atoms with van der Waals surface area (Å²) >= 11 is 1.59. The molecule has 0 bridgehead atoms. The van der Waals surface area contributed by atoms with E-state index in [0.29, 0.717) is 6.54 Å². The first-order valence-corrected chi connectivity index (χ1v) is 5.21. The van der Waals surface area contributed by atoms with Gasteiger partial charge >= 0.3 is 0 Å². The number of thiazole rings is 1. The molecule has 0 aliphatic rings. The molecule has 74 valence electrons. The Balaban J connectivity index is 1.92. The van der Waals surface area contributed by atoms with E-state index in [1.807, 2.05) is 24.5 Å². The van der Waals surface area contributed by atoms with Crippen molar-refractivity contribution in [2.45, 2.75) is 13.1 Å². The predicted molar refractivity (Wildman–Crippen MR) is 58.1 cm³/mol. The molecule has 0 aliphatic heterocycles. The Kier molecular flexibility index (Phi) is 2.81. The first-order chi connectivity index (χ1) is 6.88. The van der Waals surface area contributed by atoms with E-state index in [9.17, 15) is 0 Å².